The molecule has 1 amide bonds. The first kappa shape index (κ1) is 20.8. The van der Waals surface area contributed by atoms with Gasteiger partial charge in [-0.15, -0.1) is 0 Å². The quantitative estimate of drug-likeness (QED) is 0.399. The molecule has 1 saturated carbocycles. The Hall–Kier alpha value is -4.03. The second kappa shape index (κ2) is 8.15. The molecule has 3 heterocycles. The molecule has 0 unspecified atom stereocenters. The van der Waals surface area contributed by atoms with Crippen LogP contribution in [0.1, 0.15) is 40.5 Å². The maximum Gasteiger partial charge on any atom is 0.412 e. The van der Waals surface area contributed by atoms with Crippen LogP contribution in [-0.4, -0.2) is 21.5 Å². The van der Waals surface area contributed by atoms with Crippen molar-refractivity contribution in [3.05, 3.63) is 70.1 Å². The molecule has 5 rings (SSSR count). The summed E-state index contributed by atoms with van der Waals surface area (Å²) in [5, 5.41) is 12.8. The molecular formula is C24H18N2O6S. The lowest BCUT2D eigenvalue weighted by Crippen LogP contribution is -2.18. The Bertz CT molecular complexity index is 1380. The van der Waals surface area contributed by atoms with Gasteiger partial charge in [-0.3, -0.25) is 10.1 Å². The third-order valence-electron chi connectivity index (χ3n) is 5.45. The number of carbonyl (C=O) groups is 2. The fourth-order valence-corrected chi connectivity index (χ4v) is 4.12. The molecule has 0 saturated heterocycles. The van der Waals surface area contributed by atoms with E-state index in [1.807, 2.05) is 30.3 Å². The second-order valence-electron chi connectivity index (χ2n) is 7.76. The van der Waals surface area contributed by atoms with Crippen molar-refractivity contribution in [1.29, 1.82) is 0 Å². The summed E-state index contributed by atoms with van der Waals surface area (Å²) in [6.45, 7) is 1.92. The van der Waals surface area contributed by atoms with Crippen LogP contribution in [0.3, 0.4) is 0 Å². The molecule has 1 aromatic carbocycles. The Morgan fingerprint density at radius 1 is 1.21 bits per heavy atom. The van der Waals surface area contributed by atoms with Crippen molar-refractivity contribution in [3.8, 4) is 11.8 Å². The van der Waals surface area contributed by atoms with E-state index in [0.717, 1.165) is 17.1 Å². The number of aliphatic carboxylic acids is 1. The smallest absolute Gasteiger partial charge is 0.412 e. The highest BCUT2D eigenvalue weighted by Crippen LogP contribution is 2.50. The van der Waals surface area contributed by atoms with Crippen molar-refractivity contribution in [3.63, 3.8) is 0 Å². The first-order chi connectivity index (χ1) is 15.9. The van der Waals surface area contributed by atoms with Crippen LogP contribution in [-0.2, 0) is 21.6 Å². The summed E-state index contributed by atoms with van der Waals surface area (Å²) in [5.41, 5.74) is 1.07. The van der Waals surface area contributed by atoms with E-state index >= 15 is 0 Å². The minimum atomic E-state index is -0.927. The molecule has 3 aromatic heterocycles. The monoisotopic (exact) mass is 462 g/mol. The topological polar surface area (TPSA) is 115 Å². The third kappa shape index (κ3) is 4.08. The summed E-state index contributed by atoms with van der Waals surface area (Å²) in [4.78, 5) is 24.3. The maximum atomic E-state index is 12.2. The van der Waals surface area contributed by atoms with Gasteiger partial charge in [0.2, 0.25) is 0 Å². The van der Waals surface area contributed by atoms with Crippen LogP contribution in [0.5, 0.6) is 0 Å². The van der Waals surface area contributed by atoms with Crippen LogP contribution in [0, 0.1) is 18.8 Å². The molecule has 4 aromatic rings. The molecule has 166 valence electrons. The Morgan fingerprint density at radius 3 is 2.70 bits per heavy atom. The van der Waals surface area contributed by atoms with Crippen LogP contribution in [0.2, 0.25) is 0 Å². The summed E-state index contributed by atoms with van der Waals surface area (Å²) >= 11 is 1.15. The van der Waals surface area contributed by atoms with E-state index in [9.17, 15) is 14.7 Å². The molecule has 0 radical (unpaired) electrons. The zero-order valence-electron chi connectivity index (χ0n) is 17.5. The highest BCUT2D eigenvalue weighted by molar-refractivity contribution is 7.07. The lowest BCUT2D eigenvalue weighted by atomic mass is 10.0. The molecule has 0 aliphatic heterocycles. The molecule has 33 heavy (non-hydrogen) atoms. The van der Waals surface area contributed by atoms with Crippen molar-refractivity contribution >= 4 is 40.4 Å². The molecule has 1 aliphatic rings. The van der Waals surface area contributed by atoms with Crippen molar-refractivity contribution in [2.45, 2.75) is 31.8 Å². The summed E-state index contributed by atoms with van der Waals surface area (Å²) in [7, 11) is 0. The largest absolute Gasteiger partial charge is 0.480 e. The standard InChI is InChI=1S/C24H18N2O6S/c1-14-20(25-23(29)30-13-15-5-3-2-4-6-15)18(33-26-14)8-7-17-11-16-12-19(32-21(16)31-17)24(9-10-24)22(27)28/h2-6,11-12H,9-10,13H2,1H3,(H,25,29)(H,27,28). The fraction of sp³-hybridized carbons (Fsp3) is 0.208. The Morgan fingerprint density at radius 2 is 2.00 bits per heavy atom. The van der Waals surface area contributed by atoms with Gasteiger partial charge in [0.15, 0.2) is 5.76 Å². The summed E-state index contributed by atoms with van der Waals surface area (Å²) in [5.74, 6) is 5.98. The first-order valence-electron chi connectivity index (χ1n) is 10.2. The predicted octanol–water partition coefficient (Wildman–Crippen LogP) is 5.06. The summed E-state index contributed by atoms with van der Waals surface area (Å²) in [6, 6.07) is 12.8. The molecule has 0 atom stereocenters. The molecule has 9 heteroatoms. The molecule has 0 bridgehead atoms. The zero-order valence-corrected chi connectivity index (χ0v) is 18.3. The van der Waals surface area contributed by atoms with Gasteiger partial charge in [0.1, 0.15) is 22.7 Å². The number of carbonyl (C=O) groups excluding carboxylic acids is 1. The maximum absolute atomic E-state index is 12.2. The van der Waals surface area contributed by atoms with E-state index in [0.29, 0.717) is 46.0 Å². The van der Waals surface area contributed by atoms with Crippen LogP contribution in [0.25, 0.3) is 11.2 Å². The number of nitrogens with one attached hydrogen (secondary N) is 1. The summed E-state index contributed by atoms with van der Waals surface area (Å²) in [6.07, 6.45) is 0.513. The number of hydrogen-bond acceptors (Lipinski definition) is 7. The minimum absolute atomic E-state index is 0.154. The summed E-state index contributed by atoms with van der Waals surface area (Å²) < 4.78 is 20.8. The SMILES string of the molecule is Cc1nsc(C#Cc2cc3cc(C4(C(=O)O)CC4)oc3o2)c1NC(=O)OCc1ccccc1. The zero-order chi connectivity index (χ0) is 23.0. The number of carboxylic acids is 1. The normalized spacial score (nSPS) is 13.8. The van der Waals surface area contributed by atoms with Crippen LogP contribution in [0.15, 0.2) is 51.3 Å². The number of rotatable bonds is 5. The minimum Gasteiger partial charge on any atom is -0.480 e. The van der Waals surface area contributed by atoms with E-state index in [1.54, 1.807) is 19.1 Å². The molecule has 1 aliphatic carbocycles. The number of nitrogens with zero attached hydrogens (tertiary/aromatic N) is 1. The van der Waals surface area contributed by atoms with Gasteiger partial charge in [-0.25, -0.2) is 4.79 Å². The number of benzene rings is 1. The number of amides is 1. The second-order valence-corrected chi connectivity index (χ2v) is 8.53. The van der Waals surface area contributed by atoms with Gasteiger partial charge in [0.25, 0.3) is 5.78 Å². The average Bonchev–Trinajstić information content (AvgIpc) is 3.24. The van der Waals surface area contributed by atoms with E-state index in [4.69, 9.17) is 13.6 Å². The van der Waals surface area contributed by atoms with E-state index in [2.05, 4.69) is 21.5 Å². The Balaban J connectivity index is 1.29. The van der Waals surface area contributed by atoms with Gasteiger partial charge in [-0.2, -0.15) is 4.37 Å². The predicted molar refractivity (Wildman–Crippen MR) is 120 cm³/mol. The number of furan rings is 2. The molecule has 2 N–H and O–H groups in total. The van der Waals surface area contributed by atoms with Gasteiger partial charge in [-0.05, 0) is 54.8 Å². The molecule has 1 fully saturated rings. The fourth-order valence-electron chi connectivity index (χ4n) is 3.41. The van der Waals surface area contributed by atoms with Crippen molar-refractivity contribution in [2.75, 3.05) is 5.32 Å². The third-order valence-corrected chi connectivity index (χ3v) is 6.30. The van der Waals surface area contributed by atoms with Crippen LogP contribution >= 0.6 is 11.5 Å². The average molecular weight is 462 g/mol. The highest BCUT2D eigenvalue weighted by Gasteiger charge is 2.54. The van der Waals surface area contributed by atoms with Crippen LogP contribution in [0.4, 0.5) is 10.5 Å². The van der Waals surface area contributed by atoms with Gasteiger partial charge in [0, 0.05) is 6.07 Å². The Labute approximate surface area is 192 Å². The van der Waals surface area contributed by atoms with E-state index < -0.39 is 17.5 Å². The van der Waals surface area contributed by atoms with Crippen molar-refractivity contribution in [1.82, 2.24) is 4.37 Å². The first-order valence-corrected chi connectivity index (χ1v) is 11.0. The number of aromatic nitrogens is 1. The number of anilines is 1. The lowest BCUT2D eigenvalue weighted by Gasteiger charge is -2.06. The molecule has 8 nitrogen and oxygen atoms in total. The van der Waals surface area contributed by atoms with Crippen molar-refractivity contribution in [2.24, 2.45) is 0 Å². The number of hydrogen-bond donors (Lipinski definition) is 2. The number of carboxylic acid groups (broad SMARTS) is 1. The molecular weight excluding hydrogens is 444 g/mol. The van der Waals surface area contributed by atoms with Gasteiger partial charge < -0.3 is 18.7 Å². The highest BCUT2D eigenvalue weighted by atomic mass is 32.1. The van der Waals surface area contributed by atoms with Gasteiger partial charge in [-0.1, -0.05) is 30.3 Å². The van der Waals surface area contributed by atoms with Crippen LogP contribution < -0.4 is 5.32 Å². The molecule has 0 spiro atoms. The van der Waals surface area contributed by atoms with E-state index in [1.165, 1.54) is 0 Å². The van der Waals surface area contributed by atoms with E-state index in [-0.39, 0.29) is 12.4 Å². The number of ether oxygens (including phenoxy) is 1. The lowest BCUT2D eigenvalue weighted by molar-refractivity contribution is -0.140. The number of aryl methyl sites for hydroxylation is 1. The van der Waals surface area contributed by atoms with Gasteiger partial charge in [0.05, 0.1) is 16.8 Å². The van der Waals surface area contributed by atoms with Gasteiger partial charge >= 0.3 is 12.1 Å². The van der Waals surface area contributed by atoms with Crippen molar-refractivity contribution < 1.29 is 28.3 Å². The number of fused-ring (bicyclic) bond motifs is 1. The Kier molecular flexibility index (Phi) is 5.15.